The Labute approximate surface area is 196 Å². The molecule has 3 aromatic rings. The lowest BCUT2D eigenvalue weighted by molar-refractivity contribution is -0.139. The molecule has 1 amide bonds. The number of carbonyl (C=O) groups is 2. The van der Waals surface area contributed by atoms with Crippen molar-refractivity contribution in [3.05, 3.63) is 83.4 Å². The number of carbonyl (C=O) groups excluding carboxylic acids is 1. The average Bonchev–Trinajstić information content (AvgIpc) is 2.83. The minimum Gasteiger partial charge on any atom is -0.486 e. The molecule has 2 atom stereocenters. The van der Waals surface area contributed by atoms with E-state index in [2.05, 4.69) is 0 Å². The summed E-state index contributed by atoms with van der Waals surface area (Å²) >= 11 is 0. The van der Waals surface area contributed by atoms with Gasteiger partial charge in [0.05, 0.1) is 10.9 Å². The van der Waals surface area contributed by atoms with Gasteiger partial charge in [-0.1, -0.05) is 24.3 Å². The van der Waals surface area contributed by atoms with Crippen molar-refractivity contribution in [2.75, 3.05) is 24.4 Å². The van der Waals surface area contributed by atoms with Gasteiger partial charge < -0.3 is 14.6 Å². The molecule has 9 heteroatoms. The van der Waals surface area contributed by atoms with Crippen LogP contribution in [-0.2, 0) is 14.6 Å². The number of benzene rings is 3. The third-order valence-electron chi connectivity index (χ3n) is 6.06. The van der Waals surface area contributed by atoms with Crippen LogP contribution in [0.3, 0.4) is 0 Å². The number of ether oxygens (including phenoxy) is 2. The molecule has 5 rings (SSSR count). The number of hydrogen-bond donors (Lipinski definition) is 1. The normalized spacial score (nSPS) is 19.4. The molecule has 0 saturated heterocycles. The van der Waals surface area contributed by atoms with Crippen molar-refractivity contribution in [3.8, 4) is 11.5 Å². The van der Waals surface area contributed by atoms with Gasteiger partial charge in [-0.25, -0.2) is 8.42 Å². The van der Waals surface area contributed by atoms with Crippen LogP contribution in [0, 0.1) is 0 Å². The van der Waals surface area contributed by atoms with E-state index in [9.17, 15) is 23.1 Å². The summed E-state index contributed by atoms with van der Waals surface area (Å²) in [7, 11) is -3.44. The average molecular weight is 480 g/mol. The Morgan fingerprint density at radius 2 is 1.65 bits per heavy atom. The molecule has 0 spiro atoms. The number of carboxylic acid groups (broad SMARTS) is 1. The van der Waals surface area contributed by atoms with Crippen molar-refractivity contribution in [3.63, 3.8) is 0 Å². The lowest BCUT2D eigenvalue weighted by atomic mass is 9.79. The molecule has 0 aromatic heterocycles. The third-order valence-corrected chi connectivity index (χ3v) is 7.18. The standard InChI is InChI=1S/C25H21NO7S/c1-34(30,31)17-9-7-16(8-10-17)26-23(15-6-11-20-21(14-15)33-13-12-32-20)22(25(28)29)18-4-2-3-5-19(18)24(26)27/h2-11,14,22-23H,12-13H2,1H3,(H,28,29). The summed E-state index contributed by atoms with van der Waals surface area (Å²) in [5.74, 6) is -1.50. The van der Waals surface area contributed by atoms with Crippen LogP contribution in [0.4, 0.5) is 5.69 Å². The molecule has 1 N–H and O–H groups in total. The summed E-state index contributed by atoms with van der Waals surface area (Å²) in [4.78, 5) is 27.8. The van der Waals surface area contributed by atoms with Crippen molar-refractivity contribution in [1.29, 1.82) is 0 Å². The second-order valence-electron chi connectivity index (χ2n) is 8.19. The predicted octanol–water partition coefficient (Wildman–Crippen LogP) is 3.43. The number of carboxylic acids is 1. The van der Waals surface area contributed by atoms with E-state index in [-0.39, 0.29) is 16.4 Å². The SMILES string of the molecule is CS(=O)(=O)c1ccc(N2C(=O)c3ccccc3C(C(=O)O)C2c2ccc3c(c2)OCCO3)cc1. The number of anilines is 1. The third kappa shape index (κ3) is 3.67. The topological polar surface area (TPSA) is 110 Å². The highest BCUT2D eigenvalue weighted by molar-refractivity contribution is 7.90. The largest absolute Gasteiger partial charge is 0.486 e. The van der Waals surface area contributed by atoms with Gasteiger partial charge in [-0.2, -0.15) is 0 Å². The van der Waals surface area contributed by atoms with Crippen LogP contribution in [0.25, 0.3) is 0 Å². The van der Waals surface area contributed by atoms with Crippen molar-refractivity contribution in [2.45, 2.75) is 16.9 Å². The maximum atomic E-state index is 13.7. The van der Waals surface area contributed by atoms with Gasteiger partial charge in [-0.3, -0.25) is 14.5 Å². The smallest absolute Gasteiger partial charge is 0.313 e. The minimum atomic E-state index is -3.44. The monoisotopic (exact) mass is 479 g/mol. The van der Waals surface area contributed by atoms with Gasteiger partial charge in [0.15, 0.2) is 21.3 Å². The fourth-order valence-corrected chi connectivity index (χ4v) is 5.15. The van der Waals surface area contributed by atoms with E-state index in [0.717, 1.165) is 6.26 Å². The molecule has 2 unspecified atom stereocenters. The fourth-order valence-electron chi connectivity index (χ4n) is 4.52. The molecule has 0 fully saturated rings. The number of sulfone groups is 1. The fraction of sp³-hybridized carbons (Fsp3) is 0.200. The molecule has 2 aliphatic heterocycles. The molecular weight excluding hydrogens is 458 g/mol. The number of fused-ring (bicyclic) bond motifs is 2. The van der Waals surface area contributed by atoms with E-state index < -0.39 is 27.8 Å². The van der Waals surface area contributed by atoms with Gasteiger partial charge in [0.1, 0.15) is 19.1 Å². The summed E-state index contributed by atoms with van der Waals surface area (Å²) in [6, 6.07) is 16.7. The van der Waals surface area contributed by atoms with E-state index in [1.807, 2.05) is 0 Å². The van der Waals surface area contributed by atoms with Crippen molar-refractivity contribution >= 4 is 27.4 Å². The molecule has 2 aliphatic rings. The number of hydrogen-bond acceptors (Lipinski definition) is 6. The highest BCUT2D eigenvalue weighted by atomic mass is 32.2. The van der Waals surface area contributed by atoms with Gasteiger partial charge in [-0.15, -0.1) is 0 Å². The maximum absolute atomic E-state index is 13.7. The Kier molecular flexibility index (Phi) is 5.28. The highest BCUT2D eigenvalue weighted by Gasteiger charge is 2.45. The first kappa shape index (κ1) is 22.0. The van der Waals surface area contributed by atoms with E-state index in [1.54, 1.807) is 42.5 Å². The Hall–Kier alpha value is -3.85. The molecule has 34 heavy (non-hydrogen) atoms. The second-order valence-corrected chi connectivity index (χ2v) is 10.2. The van der Waals surface area contributed by atoms with Crippen LogP contribution < -0.4 is 14.4 Å². The van der Waals surface area contributed by atoms with Crippen LogP contribution in [0.2, 0.25) is 0 Å². The first-order chi connectivity index (χ1) is 16.3. The second kappa shape index (κ2) is 8.18. The molecule has 8 nitrogen and oxygen atoms in total. The molecule has 0 saturated carbocycles. The van der Waals surface area contributed by atoms with Crippen molar-refractivity contribution in [1.82, 2.24) is 0 Å². The van der Waals surface area contributed by atoms with Crippen LogP contribution in [-0.4, -0.2) is 44.9 Å². The Morgan fingerprint density at radius 3 is 2.32 bits per heavy atom. The van der Waals surface area contributed by atoms with Crippen LogP contribution in [0.15, 0.2) is 71.6 Å². The van der Waals surface area contributed by atoms with Crippen molar-refractivity contribution < 1.29 is 32.6 Å². The van der Waals surface area contributed by atoms with Crippen LogP contribution >= 0.6 is 0 Å². The van der Waals surface area contributed by atoms with E-state index in [4.69, 9.17) is 9.47 Å². The highest BCUT2D eigenvalue weighted by Crippen LogP contribution is 2.46. The number of amides is 1. The zero-order valence-electron chi connectivity index (χ0n) is 18.2. The molecule has 3 aromatic carbocycles. The zero-order valence-corrected chi connectivity index (χ0v) is 19.0. The summed E-state index contributed by atoms with van der Waals surface area (Å²) in [5, 5.41) is 10.3. The summed E-state index contributed by atoms with van der Waals surface area (Å²) in [6.07, 6.45) is 1.10. The number of rotatable bonds is 4. The molecule has 0 aliphatic carbocycles. The summed E-state index contributed by atoms with van der Waals surface area (Å²) in [5.41, 5.74) is 1.66. The number of aliphatic carboxylic acids is 1. The van der Waals surface area contributed by atoms with Crippen LogP contribution in [0.1, 0.15) is 33.4 Å². The molecule has 2 heterocycles. The molecule has 0 bridgehead atoms. The van der Waals surface area contributed by atoms with Gasteiger partial charge in [0.2, 0.25) is 0 Å². The van der Waals surface area contributed by atoms with Crippen LogP contribution in [0.5, 0.6) is 11.5 Å². The Morgan fingerprint density at radius 1 is 0.971 bits per heavy atom. The zero-order chi connectivity index (χ0) is 24.0. The summed E-state index contributed by atoms with van der Waals surface area (Å²) < 4.78 is 35.1. The van der Waals surface area contributed by atoms with E-state index in [1.165, 1.54) is 29.2 Å². The van der Waals surface area contributed by atoms with E-state index >= 15 is 0 Å². The first-order valence-corrected chi connectivity index (χ1v) is 12.5. The minimum absolute atomic E-state index is 0.103. The van der Waals surface area contributed by atoms with Gasteiger partial charge in [0, 0.05) is 17.5 Å². The molecule has 0 radical (unpaired) electrons. The number of nitrogens with zero attached hydrogens (tertiary/aromatic N) is 1. The summed E-state index contributed by atoms with van der Waals surface area (Å²) in [6.45, 7) is 0.778. The first-order valence-electron chi connectivity index (χ1n) is 10.6. The van der Waals surface area contributed by atoms with Gasteiger partial charge in [0.25, 0.3) is 5.91 Å². The molecule has 174 valence electrons. The van der Waals surface area contributed by atoms with Crippen molar-refractivity contribution in [2.24, 2.45) is 0 Å². The predicted molar refractivity (Wildman–Crippen MR) is 123 cm³/mol. The maximum Gasteiger partial charge on any atom is 0.313 e. The Bertz CT molecular complexity index is 1400. The lowest BCUT2D eigenvalue weighted by Crippen LogP contribution is -2.45. The van der Waals surface area contributed by atoms with Gasteiger partial charge >= 0.3 is 5.97 Å². The van der Waals surface area contributed by atoms with E-state index in [0.29, 0.717) is 41.5 Å². The lowest BCUT2D eigenvalue weighted by Gasteiger charge is -2.41. The Balaban J connectivity index is 1.71. The quantitative estimate of drug-likeness (QED) is 0.610. The van der Waals surface area contributed by atoms with Gasteiger partial charge in [-0.05, 0) is 53.6 Å². The molecular formula is C25H21NO7S.